The zero-order chi connectivity index (χ0) is 10.8. The van der Waals surface area contributed by atoms with Gasteiger partial charge in [0.25, 0.3) is 0 Å². The van der Waals surface area contributed by atoms with Gasteiger partial charge >= 0.3 is 0 Å². The van der Waals surface area contributed by atoms with E-state index in [4.69, 9.17) is 11.6 Å². The van der Waals surface area contributed by atoms with Crippen LogP contribution in [0.5, 0.6) is 0 Å². The molecule has 0 aliphatic carbocycles. The molecule has 0 amide bonds. The van der Waals surface area contributed by atoms with E-state index in [0.29, 0.717) is 5.02 Å². The van der Waals surface area contributed by atoms with Gasteiger partial charge in [-0.3, -0.25) is 0 Å². The van der Waals surface area contributed by atoms with E-state index in [2.05, 4.69) is 4.72 Å². The highest BCUT2D eigenvalue weighted by Crippen LogP contribution is 2.20. The van der Waals surface area contributed by atoms with Gasteiger partial charge in [0.2, 0.25) is 10.0 Å². The molecular formula is C9H12ClNO2S. The van der Waals surface area contributed by atoms with Gasteiger partial charge in [0, 0.05) is 5.02 Å². The normalized spacial score (nSPS) is 11.6. The Balaban J connectivity index is 3.22. The third-order valence-electron chi connectivity index (χ3n) is 1.98. The maximum atomic E-state index is 11.4. The Labute approximate surface area is 89.1 Å². The van der Waals surface area contributed by atoms with Crippen LogP contribution in [0.4, 0.5) is 0 Å². The fraction of sp³-hybridized carbons (Fsp3) is 0.333. The van der Waals surface area contributed by atoms with E-state index < -0.39 is 10.0 Å². The minimum Gasteiger partial charge on any atom is -0.214 e. The lowest BCUT2D eigenvalue weighted by atomic mass is 10.2. The first-order chi connectivity index (χ1) is 6.51. The first-order valence-corrected chi connectivity index (χ1v) is 6.09. The molecule has 0 heterocycles. The van der Waals surface area contributed by atoms with Crippen molar-refractivity contribution >= 4 is 21.6 Å². The molecule has 0 saturated carbocycles. The number of benzene rings is 1. The summed E-state index contributed by atoms with van der Waals surface area (Å²) in [7, 11) is -2.01. The Morgan fingerprint density at radius 3 is 2.50 bits per heavy atom. The van der Waals surface area contributed by atoms with Crippen molar-refractivity contribution < 1.29 is 8.42 Å². The minimum atomic E-state index is -3.38. The van der Waals surface area contributed by atoms with Crippen molar-refractivity contribution in [3.63, 3.8) is 0 Å². The van der Waals surface area contributed by atoms with Crippen molar-refractivity contribution in [2.24, 2.45) is 0 Å². The molecule has 5 heteroatoms. The summed E-state index contributed by atoms with van der Waals surface area (Å²) in [6.45, 7) is 1.97. The van der Waals surface area contributed by atoms with Crippen LogP contribution in [0.2, 0.25) is 5.02 Å². The largest absolute Gasteiger partial charge is 0.240 e. The summed E-state index contributed by atoms with van der Waals surface area (Å²) in [5.41, 5.74) is 0.946. The second-order valence-corrected chi connectivity index (χ2v) is 5.11. The lowest BCUT2D eigenvalue weighted by molar-refractivity contribution is 0.588. The summed E-state index contributed by atoms with van der Waals surface area (Å²) >= 11 is 5.90. The molecular weight excluding hydrogens is 222 g/mol. The van der Waals surface area contributed by atoms with Crippen LogP contribution in [0.25, 0.3) is 0 Å². The lowest BCUT2D eigenvalue weighted by Gasteiger charge is -2.05. The fourth-order valence-corrected chi connectivity index (χ4v) is 2.23. The van der Waals surface area contributed by atoms with Gasteiger partial charge in [0.1, 0.15) is 0 Å². The molecule has 1 N–H and O–H groups in total. The number of rotatable bonds is 3. The van der Waals surface area contributed by atoms with Gasteiger partial charge in [-0.15, -0.1) is 0 Å². The van der Waals surface area contributed by atoms with Crippen LogP contribution in [-0.4, -0.2) is 15.5 Å². The monoisotopic (exact) mass is 233 g/mol. The topological polar surface area (TPSA) is 46.2 Å². The number of hydrogen-bond donors (Lipinski definition) is 1. The highest BCUT2D eigenvalue weighted by atomic mass is 35.5. The lowest BCUT2D eigenvalue weighted by Crippen LogP contribution is -2.18. The zero-order valence-electron chi connectivity index (χ0n) is 8.04. The quantitative estimate of drug-likeness (QED) is 0.866. The third kappa shape index (κ3) is 2.26. The number of nitrogens with one attached hydrogen (secondary N) is 1. The molecule has 1 aromatic carbocycles. The molecule has 1 aromatic rings. The molecule has 78 valence electrons. The summed E-state index contributed by atoms with van der Waals surface area (Å²) in [5, 5.41) is 0.490. The first kappa shape index (κ1) is 11.5. The number of halogens is 1. The Morgan fingerprint density at radius 2 is 2.07 bits per heavy atom. The van der Waals surface area contributed by atoms with Gasteiger partial charge < -0.3 is 0 Å². The van der Waals surface area contributed by atoms with E-state index in [-0.39, 0.29) is 4.90 Å². The molecule has 0 unspecified atom stereocenters. The van der Waals surface area contributed by atoms with Crippen molar-refractivity contribution in [1.82, 2.24) is 4.72 Å². The van der Waals surface area contributed by atoms with Gasteiger partial charge in [0.15, 0.2) is 0 Å². The standard InChI is InChI=1S/C9H12ClNO2S/c1-3-7-4-5-8(6-9(7)10)14(12,13)11-2/h4-6,11H,3H2,1-2H3. The minimum absolute atomic E-state index is 0.196. The molecule has 0 spiro atoms. The Morgan fingerprint density at radius 1 is 1.43 bits per heavy atom. The van der Waals surface area contributed by atoms with E-state index in [1.165, 1.54) is 13.1 Å². The van der Waals surface area contributed by atoms with E-state index in [1.807, 2.05) is 6.92 Å². The van der Waals surface area contributed by atoms with Gasteiger partial charge in [0.05, 0.1) is 4.90 Å². The van der Waals surface area contributed by atoms with Crippen molar-refractivity contribution in [1.29, 1.82) is 0 Å². The van der Waals surface area contributed by atoms with Crippen LogP contribution in [0.1, 0.15) is 12.5 Å². The molecule has 1 rings (SSSR count). The van der Waals surface area contributed by atoms with Crippen LogP contribution in [-0.2, 0) is 16.4 Å². The first-order valence-electron chi connectivity index (χ1n) is 4.23. The van der Waals surface area contributed by atoms with Gasteiger partial charge in [-0.05, 0) is 31.2 Å². The van der Waals surface area contributed by atoms with E-state index in [9.17, 15) is 8.42 Å². The predicted octanol–water partition coefficient (Wildman–Crippen LogP) is 1.81. The van der Waals surface area contributed by atoms with E-state index in [1.54, 1.807) is 12.1 Å². The summed E-state index contributed by atoms with van der Waals surface area (Å²) in [5.74, 6) is 0. The fourth-order valence-electron chi connectivity index (χ4n) is 1.10. The number of sulfonamides is 1. The van der Waals surface area contributed by atoms with Crippen LogP contribution in [0.15, 0.2) is 23.1 Å². The second kappa shape index (κ2) is 4.29. The maximum Gasteiger partial charge on any atom is 0.240 e. The zero-order valence-corrected chi connectivity index (χ0v) is 9.61. The molecule has 0 aromatic heterocycles. The Kier molecular flexibility index (Phi) is 3.53. The molecule has 0 bridgehead atoms. The maximum absolute atomic E-state index is 11.4. The molecule has 0 saturated heterocycles. The predicted molar refractivity (Wildman–Crippen MR) is 57.1 cm³/mol. The van der Waals surface area contributed by atoms with Crippen molar-refractivity contribution in [3.8, 4) is 0 Å². The Bertz CT molecular complexity index is 428. The smallest absolute Gasteiger partial charge is 0.214 e. The van der Waals surface area contributed by atoms with Crippen LogP contribution in [0.3, 0.4) is 0 Å². The molecule has 0 fully saturated rings. The molecule has 14 heavy (non-hydrogen) atoms. The van der Waals surface area contributed by atoms with Crippen LogP contribution >= 0.6 is 11.6 Å². The summed E-state index contributed by atoms with van der Waals surface area (Å²) in [6.07, 6.45) is 0.790. The SMILES string of the molecule is CCc1ccc(S(=O)(=O)NC)cc1Cl. The molecule has 0 aliphatic heterocycles. The highest BCUT2D eigenvalue weighted by molar-refractivity contribution is 7.89. The van der Waals surface area contributed by atoms with Crippen molar-refractivity contribution in [3.05, 3.63) is 28.8 Å². The van der Waals surface area contributed by atoms with Gasteiger partial charge in [-0.25, -0.2) is 13.1 Å². The van der Waals surface area contributed by atoms with Gasteiger partial charge in [-0.2, -0.15) is 0 Å². The van der Waals surface area contributed by atoms with Crippen LogP contribution < -0.4 is 4.72 Å². The second-order valence-electron chi connectivity index (χ2n) is 2.81. The third-order valence-corrected chi connectivity index (χ3v) is 3.75. The van der Waals surface area contributed by atoms with E-state index >= 15 is 0 Å². The highest BCUT2D eigenvalue weighted by Gasteiger charge is 2.12. The van der Waals surface area contributed by atoms with Gasteiger partial charge in [-0.1, -0.05) is 24.6 Å². The summed E-state index contributed by atoms with van der Waals surface area (Å²) < 4.78 is 25.0. The average Bonchev–Trinajstić information content (AvgIpc) is 2.17. The molecule has 0 atom stereocenters. The molecule has 0 radical (unpaired) electrons. The Hall–Kier alpha value is -0.580. The van der Waals surface area contributed by atoms with Crippen LogP contribution in [0, 0.1) is 0 Å². The number of hydrogen-bond acceptors (Lipinski definition) is 2. The summed E-state index contributed by atoms with van der Waals surface area (Å²) in [4.78, 5) is 0.196. The number of aryl methyl sites for hydroxylation is 1. The summed E-state index contributed by atoms with van der Waals surface area (Å²) in [6, 6.07) is 4.75. The molecule has 0 aliphatic rings. The molecule has 3 nitrogen and oxygen atoms in total. The van der Waals surface area contributed by atoms with E-state index in [0.717, 1.165) is 12.0 Å². The van der Waals surface area contributed by atoms with Crippen molar-refractivity contribution in [2.75, 3.05) is 7.05 Å². The van der Waals surface area contributed by atoms with Crippen molar-refractivity contribution in [2.45, 2.75) is 18.2 Å². The average molecular weight is 234 g/mol.